The van der Waals surface area contributed by atoms with Gasteiger partial charge >= 0.3 is 0 Å². The van der Waals surface area contributed by atoms with Crippen LogP contribution in [0.25, 0.3) is 11.3 Å². The number of aromatic nitrogens is 2. The number of thioether (sulfide) groups is 1. The molecule has 1 heterocycles. The second-order valence-electron chi connectivity index (χ2n) is 5.57. The fourth-order valence-electron chi connectivity index (χ4n) is 2.26. The third-order valence-electron chi connectivity index (χ3n) is 3.55. The van der Waals surface area contributed by atoms with Crippen molar-refractivity contribution in [2.45, 2.75) is 24.8 Å². The molecule has 0 saturated carbocycles. The Labute approximate surface area is 156 Å². The van der Waals surface area contributed by atoms with Gasteiger partial charge in [-0.1, -0.05) is 70.9 Å². The van der Waals surface area contributed by atoms with E-state index in [2.05, 4.69) is 41.2 Å². The van der Waals surface area contributed by atoms with Crippen molar-refractivity contribution in [1.82, 2.24) is 9.97 Å². The number of rotatable bonds is 4. The van der Waals surface area contributed by atoms with Gasteiger partial charge in [-0.2, -0.15) is 0 Å². The maximum atomic E-state index is 6.23. The Balaban J connectivity index is 1.82. The van der Waals surface area contributed by atoms with E-state index in [0.29, 0.717) is 15.8 Å². The zero-order chi connectivity index (χ0) is 17.1. The summed E-state index contributed by atoms with van der Waals surface area (Å²) in [6.07, 6.45) is 0. The number of benzene rings is 2. The van der Waals surface area contributed by atoms with Crippen molar-refractivity contribution in [3.05, 3.63) is 75.4 Å². The van der Waals surface area contributed by atoms with Crippen molar-refractivity contribution < 1.29 is 0 Å². The Bertz CT molecular complexity index is 864. The van der Waals surface area contributed by atoms with Crippen molar-refractivity contribution >= 4 is 35.0 Å². The van der Waals surface area contributed by atoms with E-state index in [-0.39, 0.29) is 0 Å². The van der Waals surface area contributed by atoms with Crippen molar-refractivity contribution in [1.29, 1.82) is 0 Å². The lowest BCUT2D eigenvalue weighted by Crippen LogP contribution is -1.94. The predicted octanol–water partition coefficient (Wildman–Crippen LogP) is 6.36. The highest BCUT2D eigenvalue weighted by molar-refractivity contribution is 7.98. The van der Waals surface area contributed by atoms with Crippen molar-refractivity contribution in [3.8, 4) is 11.3 Å². The second kappa shape index (κ2) is 7.56. The molecule has 0 radical (unpaired) electrons. The average molecular weight is 375 g/mol. The molecule has 5 heteroatoms. The molecule has 1 aromatic heterocycles. The third kappa shape index (κ3) is 4.29. The molecule has 0 bridgehead atoms. The van der Waals surface area contributed by atoms with E-state index < -0.39 is 0 Å². The molecule has 24 heavy (non-hydrogen) atoms. The Morgan fingerprint density at radius 1 is 0.917 bits per heavy atom. The molecule has 3 aromatic rings. The molecule has 2 nitrogen and oxygen atoms in total. The highest BCUT2D eigenvalue weighted by Crippen LogP contribution is 2.28. The van der Waals surface area contributed by atoms with E-state index >= 15 is 0 Å². The molecule has 0 amide bonds. The number of hydrogen-bond acceptors (Lipinski definition) is 3. The van der Waals surface area contributed by atoms with Crippen LogP contribution in [0.1, 0.15) is 16.8 Å². The first-order chi connectivity index (χ1) is 11.5. The van der Waals surface area contributed by atoms with Gasteiger partial charge in [0.2, 0.25) is 0 Å². The van der Waals surface area contributed by atoms with Crippen molar-refractivity contribution in [2.75, 3.05) is 0 Å². The molecule has 0 atom stereocenters. The summed E-state index contributed by atoms with van der Waals surface area (Å²) in [5.74, 6) is 0.701. The molecule has 0 fully saturated rings. The Morgan fingerprint density at radius 3 is 2.38 bits per heavy atom. The van der Waals surface area contributed by atoms with E-state index in [0.717, 1.165) is 27.7 Å². The van der Waals surface area contributed by atoms with E-state index in [1.165, 1.54) is 5.56 Å². The van der Waals surface area contributed by atoms with Crippen LogP contribution in [0.5, 0.6) is 0 Å². The lowest BCUT2D eigenvalue weighted by molar-refractivity contribution is 0.937. The smallest absolute Gasteiger partial charge is 0.188 e. The molecule has 0 unspecified atom stereocenters. The summed E-state index contributed by atoms with van der Waals surface area (Å²) in [7, 11) is 0. The van der Waals surface area contributed by atoms with Gasteiger partial charge in [-0.3, -0.25) is 0 Å². The van der Waals surface area contributed by atoms with Gasteiger partial charge in [0.25, 0.3) is 0 Å². The SMILES string of the molecule is Cc1ccc(-c2cc(C)nc(SCc3ccc(Cl)cc3Cl)n2)cc1. The maximum Gasteiger partial charge on any atom is 0.188 e. The zero-order valence-corrected chi connectivity index (χ0v) is 15.7. The number of halogens is 2. The molecule has 2 aromatic carbocycles. The molecule has 0 spiro atoms. The minimum absolute atomic E-state index is 0.641. The Kier molecular flexibility index (Phi) is 5.44. The lowest BCUT2D eigenvalue weighted by Gasteiger charge is -2.07. The second-order valence-corrected chi connectivity index (χ2v) is 7.35. The molecule has 3 rings (SSSR count). The first-order valence-electron chi connectivity index (χ1n) is 7.51. The van der Waals surface area contributed by atoms with Crippen LogP contribution in [0.3, 0.4) is 0 Å². The first kappa shape index (κ1) is 17.3. The molecule has 0 aliphatic carbocycles. The molecular formula is C19H16Cl2N2S. The van der Waals surface area contributed by atoms with Crippen molar-refractivity contribution in [3.63, 3.8) is 0 Å². The number of hydrogen-bond donors (Lipinski definition) is 0. The van der Waals surface area contributed by atoms with E-state index in [9.17, 15) is 0 Å². The number of aryl methyl sites for hydroxylation is 2. The van der Waals surface area contributed by atoms with Crippen LogP contribution in [0.15, 0.2) is 53.7 Å². The van der Waals surface area contributed by atoms with Gasteiger partial charge in [-0.15, -0.1) is 0 Å². The highest BCUT2D eigenvalue weighted by Gasteiger charge is 2.08. The van der Waals surface area contributed by atoms with Gasteiger partial charge in [0.05, 0.1) is 5.69 Å². The van der Waals surface area contributed by atoms with Crippen LogP contribution in [0.4, 0.5) is 0 Å². The average Bonchev–Trinajstić information content (AvgIpc) is 2.54. The minimum atomic E-state index is 0.641. The van der Waals surface area contributed by atoms with Gasteiger partial charge < -0.3 is 0 Å². The van der Waals surface area contributed by atoms with Crippen LogP contribution in [0, 0.1) is 13.8 Å². The predicted molar refractivity (Wildman–Crippen MR) is 103 cm³/mol. The third-order valence-corrected chi connectivity index (χ3v) is 5.04. The monoisotopic (exact) mass is 374 g/mol. The summed E-state index contributed by atoms with van der Waals surface area (Å²) in [4.78, 5) is 9.20. The summed E-state index contributed by atoms with van der Waals surface area (Å²) >= 11 is 13.7. The standard InChI is InChI=1S/C19H16Cl2N2S/c1-12-3-5-14(6-4-12)18-9-13(2)22-19(23-18)24-11-15-7-8-16(20)10-17(15)21/h3-10H,11H2,1-2H3. The highest BCUT2D eigenvalue weighted by atomic mass is 35.5. The van der Waals surface area contributed by atoms with E-state index in [1.807, 2.05) is 25.1 Å². The van der Waals surface area contributed by atoms with E-state index in [1.54, 1.807) is 17.8 Å². The summed E-state index contributed by atoms with van der Waals surface area (Å²) in [5, 5.41) is 2.06. The fraction of sp³-hybridized carbons (Fsp3) is 0.158. The molecule has 0 N–H and O–H groups in total. The molecule has 0 aliphatic rings. The maximum absolute atomic E-state index is 6.23. The van der Waals surface area contributed by atoms with Gasteiger partial charge in [-0.25, -0.2) is 9.97 Å². The summed E-state index contributed by atoms with van der Waals surface area (Å²) < 4.78 is 0. The van der Waals surface area contributed by atoms with Crippen molar-refractivity contribution in [2.24, 2.45) is 0 Å². The largest absolute Gasteiger partial charge is 0.228 e. The van der Waals surface area contributed by atoms with Gasteiger partial charge in [0.15, 0.2) is 5.16 Å². The first-order valence-corrected chi connectivity index (χ1v) is 9.25. The van der Waals surface area contributed by atoms with Crippen LogP contribution in [-0.2, 0) is 5.75 Å². The topological polar surface area (TPSA) is 25.8 Å². The van der Waals surface area contributed by atoms with Crippen LogP contribution in [0.2, 0.25) is 10.0 Å². The lowest BCUT2D eigenvalue weighted by atomic mass is 10.1. The van der Waals surface area contributed by atoms with Crippen LogP contribution >= 0.6 is 35.0 Å². The van der Waals surface area contributed by atoms with Gasteiger partial charge in [-0.05, 0) is 37.6 Å². The number of nitrogens with zero attached hydrogens (tertiary/aromatic N) is 2. The Morgan fingerprint density at radius 2 is 1.67 bits per heavy atom. The summed E-state index contributed by atoms with van der Waals surface area (Å²) in [5.41, 5.74) is 5.24. The fourth-order valence-corrected chi connectivity index (χ4v) is 3.72. The quantitative estimate of drug-likeness (QED) is 0.392. The molecule has 0 saturated heterocycles. The van der Waals surface area contributed by atoms with Gasteiger partial charge in [0, 0.05) is 27.1 Å². The van der Waals surface area contributed by atoms with Crippen LogP contribution in [-0.4, -0.2) is 9.97 Å². The van der Waals surface area contributed by atoms with Crippen LogP contribution < -0.4 is 0 Å². The molecular weight excluding hydrogens is 359 g/mol. The zero-order valence-electron chi connectivity index (χ0n) is 13.4. The normalized spacial score (nSPS) is 10.8. The molecule has 122 valence electrons. The Hall–Kier alpha value is -1.55. The van der Waals surface area contributed by atoms with Gasteiger partial charge in [0.1, 0.15) is 0 Å². The minimum Gasteiger partial charge on any atom is -0.228 e. The van der Waals surface area contributed by atoms with E-state index in [4.69, 9.17) is 23.2 Å². The summed E-state index contributed by atoms with van der Waals surface area (Å²) in [6, 6.07) is 15.9. The summed E-state index contributed by atoms with van der Waals surface area (Å²) in [6.45, 7) is 4.06. The molecule has 0 aliphatic heterocycles.